The van der Waals surface area contributed by atoms with Crippen molar-refractivity contribution in [1.29, 1.82) is 0 Å². The number of hydrogen-bond acceptors (Lipinski definition) is 4. The predicted molar refractivity (Wildman–Crippen MR) is 87.1 cm³/mol. The van der Waals surface area contributed by atoms with Gasteiger partial charge in [0, 0.05) is 38.3 Å². The minimum atomic E-state index is -0.234. The van der Waals surface area contributed by atoms with Crippen LogP contribution >= 0.6 is 0 Å². The van der Waals surface area contributed by atoms with Crippen molar-refractivity contribution in [3.8, 4) is 0 Å². The predicted octanol–water partition coefficient (Wildman–Crippen LogP) is 1.96. The van der Waals surface area contributed by atoms with Gasteiger partial charge in [-0.3, -0.25) is 4.79 Å². The number of halogens is 1. The van der Waals surface area contributed by atoms with Crippen LogP contribution in [0.5, 0.6) is 0 Å². The topological polar surface area (TPSA) is 50.8 Å². The highest BCUT2D eigenvalue weighted by atomic mass is 19.1. The standard InChI is InChI=1S/C17H25FN2O3/c1-22-10-11-23-9-7-17(21)19-15-5-3-8-20(13-15)16-6-2-4-14(18)12-16/h2,4,6,12,15H,3,5,7-11,13H2,1H3,(H,19,21)/t15-/m1/s1. The van der Waals surface area contributed by atoms with E-state index >= 15 is 0 Å². The average Bonchev–Trinajstić information content (AvgIpc) is 2.55. The van der Waals surface area contributed by atoms with Gasteiger partial charge in [0.15, 0.2) is 0 Å². The molecule has 0 radical (unpaired) electrons. The van der Waals surface area contributed by atoms with Crippen LogP contribution in [0.25, 0.3) is 0 Å². The maximum Gasteiger partial charge on any atom is 0.222 e. The first kappa shape index (κ1) is 17.7. The van der Waals surface area contributed by atoms with Crippen LogP contribution in [0.2, 0.25) is 0 Å². The van der Waals surface area contributed by atoms with Gasteiger partial charge < -0.3 is 19.7 Å². The van der Waals surface area contributed by atoms with E-state index in [-0.39, 0.29) is 17.8 Å². The Morgan fingerprint density at radius 2 is 2.26 bits per heavy atom. The molecular formula is C17H25FN2O3. The van der Waals surface area contributed by atoms with Gasteiger partial charge in [0.05, 0.1) is 19.8 Å². The molecule has 1 fully saturated rings. The van der Waals surface area contributed by atoms with Crippen LogP contribution in [0, 0.1) is 5.82 Å². The summed E-state index contributed by atoms with van der Waals surface area (Å²) in [5, 5.41) is 3.04. The monoisotopic (exact) mass is 324 g/mol. The largest absolute Gasteiger partial charge is 0.382 e. The number of nitrogens with zero attached hydrogens (tertiary/aromatic N) is 1. The molecule has 0 saturated carbocycles. The van der Waals surface area contributed by atoms with E-state index in [1.807, 2.05) is 6.07 Å². The Morgan fingerprint density at radius 3 is 3.04 bits per heavy atom. The summed E-state index contributed by atoms with van der Waals surface area (Å²) in [6.07, 6.45) is 2.27. The van der Waals surface area contributed by atoms with E-state index in [2.05, 4.69) is 10.2 Å². The van der Waals surface area contributed by atoms with E-state index in [1.165, 1.54) is 12.1 Å². The maximum absolute atomic E-state index is 13.3. The third-order valence-corrected chi connectivity index (χ3v) is 3.87. The molecule has 1 aromatic carbocycles. The summed E-state index contributed by atoms with van der Waals surface area (Å²) in [7, 11) is 1.61. The van der Waals surface area contributed by atoms with E-state index in [4.69, 9.17) is 9.47 Å². The van der Waals surface area contributed by atoms with E-state index in [9.17, 15) is 9.18 Å². The summed E-state index contributed by atoms with van der Waals surface area (Å²) >= 11 is 0. The van der Waals surface area contributed by atoms with Crippen molar-refractivity contribution in [2.75, 3.05) is 44.9 Å². The van der Waals surface area contributed by atoms with Gasteiger partial charge in [-0.1, -0.05) is 6.07 Å². The second-order valence-corrected chi connectivity index (χ2v) is 5.69. The number of carbonyl (C=O) groups is 1. The van der Waals surface area contributed by atoms with Crippen LogP contribution < -0.4 is 10.2 Å². The highest BCUT2D eigenvalue weighted by Gasteiger charge is 2.21. The maximum atomic E-state index is 13.3. The first-order valence-corrected chi connectivity index (χ1v) is 8.05. The van der Waals surface area contributed by atoms with Gasteiger partial charge in [-0.15, -0.1) is 0 Å². The highest BCUT2D eigenvalue weighted by Crippen LogP contribution is 2.20. The second-order valence-electron chi connectivity index (χ2n) is 5.69. The van der Waals surface area contributed by atoms with Gasteiger partial charge in [-0.25, -0.2) is 4.39 Å². The molecule has 0 unspecified atom stereocenters. The lowest BCUT2D eigenvalue weighted by Crippen LogP contribution is -2.48. The minimum Gasteiger partial charge on any atom is -0.382 e. The fourth-order valence-corrected chi connectivity index (χ4v) is 2.71. The van der Waals surface area contributed by atoms with Gasteiger partial charge in [-0.2, -0.15) is 0 Å². The molecule has 1 saturated heterocycles. The van der Waals surface area contributed by atoms with Crippen LogP contribution in [0.3, 0.4) is 0 Å². The summed E-state index contributed by atoms with van der Waals surface area (Å²) in [6.45, 7) is 3.03. The van der Waals surface area contributed by atoms with E-state index in [1.54, 1.807) is 13.2 Å². The zero-order chi connectivity index (χ0) is 16.5. The molecule has 1 heterocycles. The molecule has 0 aromatic heterocycles. The second kappa shape index (κ2) is 9.47. The van der Waals surface area contributed by atoms with Crippen molar-refractivity contribution in [2.45, 2.75) is 25.3 Å². The van der Waals surface area contributed by atoms with Gasteiger partial charge in [0.1, 0.15) is 5.82 Å². The Morgan fingerprint density at radius 1 is 1.39 bits per heavy atom. The summed E-state index contributed by atoms with van der Waals surface area (Å²) < 4.78 is 23.5. The van der Waals surface area contributed by atoms with Gasteiger partial charge in [0.25, 0.3) is 0 Å². The third-order valence-electron chi connectivity index (χ3n) is 3.87. The van der Waals surface area contributed by atoms with Crippen molar-refractivity contribution in [3.63, 3.8) is 0 Å². The zero-order valence-corrected chi connectivity index (χ0v) is 13.6. The lowest BCUT2D eigenvalue weighted by atomic mass is 10.0. The SMILES string of the molecule is COCCOCCC(=O)N[C@@H]1CCCN(c2cccc(F)c2)C1. The normalized spacial score (nSPS) is 18.0. The summed E-state index contributed by atoms with van der Waals surface area (Å²) in [4.78, 5) is 14.1. The average molecular weight is 324 g/mol. The molecule has 1 aromatic rings. The molecule has 0 spiro atoms. The minimum absolute atomic E-state index is 0.00601. The number of amides is 1. The first-order valence-electron chi connectivity index (χ1n) is 8.05. The third kappa shape index (κ3) is 6.15. The fraction of sp³-hybridized carbons (Fsp3) is 0.588. The lowest BCUT2D eigenvalue weighted by molar-refractivity contribution is -0.123. The number of methoxy groups -OCH3 is 1. The number of piperidine rings is 1. The number of anilines is 1. The molecule has 1 aliphatic rings. The van der Waals surface area contributed by atoms with Crippen LogP contribution in [-0.2, 0) is 14.3 Å². The van der Waals surface area contributed by atoms with Gasteiger partial charge in [0.2, 0.25) is 5.91 Å². The molecule has 1 amide bonds. The van der Waals surface area contributed by atoms with Crippen molar-refractivity contribution in [1.82, 2.24) is 5.32 Å². The molecule has 23 heavy (non-hydrogen) atoms. The van der Waals surface area contributed by atoms with Crippen molar-refractivity contribution < 1.29 is 18.7 Å². The Bertz CT molecular complexity index is 498. The van der Waals surface area contributed by atoms with E-state index in [0.717, 1.165) is 25.1 Å². The molecule has 0 aliphatic carbocycles. The van der Waals surface area contributed by atoms with Crippen LogP contribution in [0.1, 0.15) is 19.3 Å². The number of ether oxygens (including phenoxy) is 2. The van der Waals surface area contributed by atoms with E-state index < -0.39 is 0 Å². The highest BCUT2D eigenvalue weighted by molar-refractivity contribution is 5.76. The Labute approximate surface area is 136 Å². The van der Waals surface area contributed by atoms with Crippen molar-refractivity contribution in [2.24, 2.45) is 0 Å². The molecule has 128 valence electrons. The van der Waals surface area contributed by atoms with Crippen LogP contribution in [-0.4, -0.2) is 52.0 Å². The summed E-state index contributed by atoms with van der Waals surface area (Å²) in [5.74, 6) is -0.240. The lowest BCUT2D eigenvalue weighted by Gasteiger charge is -2.34. The molecule has 5 nitrogen and oxygen atoms in total. The number of nitrogens with one attached hydrogen (secondary N) is 1. The smallest absolute Gasteiger partial charge is 0.222 e. The zero-order valence-electron chi connectivity index (χ0n) is 13.6. The Balaban J connectivity index is 1.74. The van der Waals surface area contributed by atoms with Crippen LogP contribution in [0.4, 0.5) is 10.1 Å². The number of benzene rings is 1. The summed E-state index contributed by atoms with van der Waals surface area (Å²) in [5.41, 5.74) is 0.867. The Kier molecular flexibility index (Phi) is 7.29. The molecule has 0 bridgehead atoms. The molecule has 2 rings (SSSR count). The molecule has 1 atom stereocenters. The van der Waals surface area contributed by atoms with Crippen molar-refractivity contribution in [3.05, 3.63) is 30.1 Å². The first-order chi connectivity index (χ1) is 11.2. The molecule has 1 aliphatic heterocycles. The van der Waals surface area contributed by atoms with Gasteiger partial charge >= 0.3 is 0 Å². The number of carbonyl (C=O) groups excluding carboxylic acids is 1. The number of hydrogen-bond donors (Lipinski definition) is 1. The molecule has 6 heteroatoms. The number of rotatable bonds is 8. The Hall–Kier alpha value is -1.66. The fourth-order valence-electron chi connectivity index (χ4n) is 2.71. The van der Waals surface area contributed by atoms with Crippen LogP contribution in [0.15, 0.2) is 24.3 Å². The molecular weight excluding hydrogens is 299 g/mol. The molecule has 1 N–H and O–H groups in total. The van der Waals surface area contributed by atoms with Gasteiger partial charge in [-0.05, 0) is 31.0 Å². The van der Waals surface area contributed by atoms with E-state index in [0.29, 0.717) is 32.8 Å². The summed E-state index contributed by atoms with van der Waals surface area (Å²) in [6, 6.07) is 6.68. The quantitative estimate of drug-likeness (QED) is 0.743. The van der Waals surface area contributed by atoms with Crippen molar-refractivity contribution >= 4 is 11.6 Å².